The van der Waals surface area contributed by atoms with Crippen LogP contribution < -0.4 is 10.1 Å². The van der Waals surface area contributed by atoms with E-state index in [0.717, 1.165) is 31.0 Å². The van der Waals surface area contributed by atoms with Crippen molar-refractivity contribution in [1.82, 2.24) is 4.98 Å². The van der Waals surface area contributed by atoms with Crippen LogP contribution >= 0.6 is 11.3 Å². The van der Waals surface area contributed by atoms with Crippen LogP contribution in [0.2, 0.25) is 0 Å². The molecule has 4 heteroatoms. The fourth-order valence-corrected chi connectivity index (χ4v) is 3.70. The number of hydrogen-bond acceptors (Lipinski definition) is 4. The molecule has 0 spiro atoms. The number of ether oxygens (including phenoxy) is 1. The van der Waals surface area contributed by atoms with Gasteiger partial charge in [0, 0.05) is 29.7 Å². The average Bonchev–Trinajstić information content (AvgIpc) is 3.15. The van der Waals surface area contributed by atoms with Gasteiger partial charge in [-0.25, -0.2) is 0 Å². The van der Waals surface area contributed by atoms with Crippen molar-refractivity contribution in [2.45, 2.75) is 12.3 Å². The van der Waals surface area contributed by atoms with Crippen LogP contribution in [0.1, 0.15) is 17.9 Å². The van der Waals surface area contributed by atoms with Gasteiger partial charge in [0.15, 0.2) is 0 Å². The average molecular weight is 322 g/mol. The van der Waals surface area contributed by atoms with Crippen LogP contribution in [0, 0.1) is 0 Å². The molecule has 0 unspecified atom stereocenters. The Hall–Kier alpha value is -2.33. The molecule has 0 radical (unpaired) electrons. The first-order valence-electron chi connectivity index (χ1n) is 7.85. The predicted molar refractivity (Wildman–Crippen MR) is 95.3 cm³/mol. The molecule has 2 aromatic heterocycles. The Kier molecular flexibility index (Phi) is 3.99. The van der Waals surface area contributed by atoms with Crippen molar-refractivity contribution < 1.29 is 4.74 Å². The van der Waals surface area contributed by atoms with Crippen molar-refractivity contribution in [2.75, 3.05) is 18.5 Å². The number of benzene rings is 1. The molecule has 23 heavy (non-hydrogen) atoms. The first-order valence-corrected chi connectivity index (χ1v) is 8.72. The maximum absolute atomic E-state index is 5.91. The first-order chi connectivity index (χ1) is 11.4. The Bertz CT molecular complexity index is 771. The van der Waals surface area contributed by atoms with E-state index in [0.29, 0.717) is 5.92 Å². The van der Waals surface area contributed by atoms with Crippen LogP contribution in [0.5, 0.6) is 5.75 Å². The van der Waals surface area contributed by atoms with Crippen molar-refractivity contribution in [3.8, 4) is 16.2 Å². The van der Waals surface area contributed by atoms with Crippen LogP contribution in [-0.4, -0.2) is 18.1 Å². The fourth-order valence-electron chi connectivity index (χ4n) is 2.98. The maximum Gasteiger partial charge on any atom is 0.123 e. The number of pyridine rings is 1. The highest BCUT2D eigenvalue weighted by Crippen LogP contribution is 2.37. The lowest BCUT2D eigenvalue weighted by Crippen LogP contribution is -2.20. The molecule has 0 saturated heterocycles. The second-order valence-electron chi connectivity index (χ2n) is 5.69. The Morgan fingerprint density at radius 2 is 2.22 bits per heavy atom. The van der Waals surface area contributed by atoms with Crippen LogP contribution in [0.25, 0.3) is 10.4 Å². The third kappa shape index (κ3) is 3.08. The summed E-state index contributed by atoms with van der Waals surface area (Å²) in [4.78, 5) is 5.43. The quantitative estimate of drug-likeness (QED) is 0.750. The number of rotatable bonds is 4. The topological polar surface area (TPSA) is 34.2 Å². The number of nitrogens with zero attached hydrogens (tertiary/aromatic N) is 1. The van der Waals surface area contributed by atoms with Gasteiger partial charge >= 0.3 is 0 Å². The molecule has 1 aliphatic heterocycles. The van der Waals surface area contributed by atoms with Crippen molar-refractivity contribution in [3.63, 3.8) is 0 Å². The molecule has 1 N–H and O–H groups in total. The zero-order valence-corrected chi connectivity index (χ0v) is 13.6. The minimum atomic E-state index is 0.469. The van der Waals surface area contributed by atoms with Crippen LogP contribution in [-0.2, 0) is 0 Å². The molecule has 0 saturated carbocycles. The number of fused-ring (bicyclic) bond motifs is 1. The van der Waals surface area contributed by atoms with Gasteiger partial charge in [-0.1, -0.05) is 18.2 Å². The summed E-state index contributed by atoms with van der Waals surface area (Å²) in [6, 6.07) is 14.8. The van der Waals surface area contributed by atoms with Crippen LogP contribution in [0.4, 0.5) is 5.69 Å². The SMILES string of the molecule is c1cncc(NC[C@H]2CCOc3cc(-c4cccs4)ccc32)c1. The second-order valence-corrected chi connectivity index (χ2v) is 6.63. The van der Waals surface area contributed by atoms with Gasteiger partial charge in [0.05, 0.1) is 12.3 Å². The van der Waals surface area contributed by atoms with Gasteiger partial charge in [-0.2, -0.15) is 0 Å². The highest BCUT2D eigenvalue weighted by molar-refractivity contribution is 7.13. The summed E-state index contributed by atoms with van der Waals surface area (Å²) in [5.41, 5.74) is 3.60. The minimum Gasteiger partial charge on any atom is -0.493 e. The smallest absolute Gasteiger partial charge is 0.123 e. The summed E-state index contributed by atoms with van der Waals surface area (Å²) in [6.07, 6.45) is 4.69. The molecule has 0 amide bonds. The van der Waals surface area contributed by atoms with Gasteiger partial charge in [-0.3, -0.25) is 4.98 Å². The minimum absolute atomic E-state index is 0.469. The van der Waals surface area contributed by atoms with E-state index < -0.39 is 0 Å². The summed E-state index contributed by atoms with van der Waals surface area (Å²) in [7, 11) is 0. The van der Waals surface area contributed by atoms with Crippen LogP contribution in [0.15, 0.2) is 60.2 Å². The summed E-state index contributed by atoms with van der Waals surface area (Å²) in [5.74, 6) is 1.50. The largest absolute Gasteiger partial charge is 0.493 e. The molecule has 1 aliphatic rings. The van der Waals surface area contributed by atoms with Crippen molar-refractivity contribution >= 4 is 17.0 Å². The monoisotopic (exact) mass is 322 g/mol. The van der Waals surface area contributed by atoms with Gasteiger partial charge < -0.3 is 10.1 Å². The lowest BCUT2D eigenvalue weighted by atomic mass is 9.92. The lowest BCUT2D eigenvalue weighted by molar-refractivity contribution is 0.270. The van der Waals surface area contributed by atoms with E-state index in [9.17, 15) is 0 Å². The van der Waals surface area contributed by atoms with Gasteiger partial charge in [0.2, 0.25) is 0 Å². The third-order valence-electron chi connectivity index (χ3n) is 4.20. The molecule has 0 bridgehead atoms. The fraction of sp³-hybridized carbons (Fsp3) is 0.211. The third-order valence-corrected chi connectivity index (χ3v) is 5.12. The normalized spacial score (nSPS) is 16.4. The number of anilines is 1. The number of aromatic nitrogens is 1. The van der Waals surface area contributed by atoms with E-state index in [1.54, 1.807) is 17.5 Å². The van der Waals surface area contributed by atoms with Crippen molar-refractivity contribution in [1.29, 1.82) is 0 Å². The van der Waals surface area contributed by atoms with Gasteiger partial charge in [0.25, 0.3) is 0 Å². The van der Waals surface area contributed by atoms with E-state index in [-0.39, 0.29) is 0 Å². The number of nitrogens with one attached hydrogen (secondary N) is 1. The van der Waals surface area contributed by atoms with E-state index in [2.05, 4.69) is 46.0 Å². The van der Waals surface area contributed by atoms with E-state index in [4.69, 9.17) is 4.74 Å². The van der Waals surface area contributed by atoms with E-state index >= 15 is 0 Å². The van der Waals surface area contributed by atoms with Gasteiger partial charge in [0.1, 0.15) is 5.75 Å². The molecule has 1 atom stereocenters. The molecule has 0 aliphatic carbocycles. The van der Waals surface area contributed by atoms with E-state index in [1.165, 1.54) is 16.0 Å². The lowest BCUT2D eigenvalue weighted by Gasteiger charge is -2.27. The molecule has 0 fully saturated rings. The zero-order chi connectivity index (χ0) is 15.5. The van der Waals surface area contributed by atoms with Gasteiger partial charge in [-0.15, -0.1) is 11.3 Å². The number of thiophene rings is 1. The summed E-state index contributed by atoms with van der Waals surface area (Å²) in [5, 5.41) is 5.59. The Balaban J connectivity index is 1.54. The Labute approximate surface area is 140 Å². The molecule has 116 valence electrons. The molecular formula is C19H18N2OS. The molecule has 4 rings (SSSR count). The summed E-state index contributed by atoms with van der Waals surface area (Å²) >= 11 is 1.76. The first kappa shape index (κ1) is 14.3. The number of hydrogen-bond donors (Lipinski definition) is 1. The van der Waals surface area contributed by atoms with E-state index in [1.807, 2.05) is 18.3 Å². The second kappa shape index (κ2) is 6.42. The predicted octanol–water partition coefficient (Wildman–Crippen LogP) is 4.79. The molecule has 1 aromatic carbocycles. The highest BCUT2D eigenvalue weighted by Gasteiger charge is 2.22. The van der Waals surface area contributed by atoms with Crippen LogP contribution in [0.3, 0.4) is 0 Å². The molecule has 3 nitrogen and oxygen atoms in total. The Morgan fingerprint density at radius 3 is 3.04 bits per heavy atom. The van der Waals surface area contributed by atoms with Crippen molar-refractivity contribution in [3.05, 3.63) is 65.8 Å². The maximum atomic E-state index is 5.91. The zero-order valence-electron chi connectivity index (χ0n) is 12.7. The van der Waals surface area contributed by atoms with Crippen molar-refractivity contribution in [2.24, 2.45) is 0 Å². The molecule has 3 aromatic rings. The molecular weight excluding hydrogens is 304 g/mol. The Morgan fingerprint density at radius 1 is 1.22 bits per heavy atom. The summed E-state index contributed by atoms with van der Waals surface area (Å²) in [6.45, 7) is 1.68. The highest BCUT2D eigenvalue weighted by atomic mass is 32.1. The molecule has 3 heterocycles. The standard InChI is InChI=1S/C19H18N2OS/c1-3-16(13-20-8-1)21-12-15-7-9-22-18-11-14(5-6-17(15)18)19-4-2-10-23-19/h1-6,8,10-11,13,15,21H,7,9,12H2/t15-/m1/s1. The van der Waals surface area contributed by atoms with Gasteiger partial charge in [-0.05, 0) is 47.2 Å². The summed E-state index contributed by atoms with van der Waals surface area (Å²) < 4.78 is 5.91.